The van der Waals surface area contributed by atoms with Gasteiger partial charge in [-0.3, -0.25) is 0 Å². The van der Waals surface area contributed by atoms with E-state index < -0.39 is 0 Å². The summed E-state index contributed by atoms with van der Waals surface area (Å²) in [6.45, 7) is 4.19. The van der Waals surface area contributed by atoms with E-state index in [1.165, 1.54) is 31.9 Å². The van der Waals surface area contributed by atoms with Crippen LogP contribution in [-0.2, 0) is 0 Å². The fourth-order valence-corrected chi connectivity index (χ4v) is 5.07. The molecular formula is C21H21N3OS. The zero-order chi connectivity index (χ0) is 17.7. The number of nitrogens with zero attached hydrogens (tertiary/aromatic N) is 2. The minimum atomic E-state index is 0.477. The molecule has 1 atom stereocenters. The molecule has 26 heavy (non-hydrogen) atoms. The first kappa shape index (κ1) is 15.9. The van der Waals surface area contributed by atoms with Gasteiger partial charge in [-0.2, -0.15) is 0 Å². The minimum absolute atomic E-state index is 0.477. The molecule has 4 nitrogen and oxygen atoms in total. The van der Waals surface area contributed by atoms with Crippen LogP contribution in [0.25, 0.3) is 26.2 Å². The number of aryl methyl sites for hydroxylation is 1. The van der Waals surface area contributed by atoms with Crippen molar-refractivity contribution in [1.82, 2.24) is 14.7 Å². The van der Waals surface area contributed by atoms with Crippen molar-refractivity contribution in [3.05, 3.63) is 54.0 Å². The van der Waals surface area contributed by atoms with E-state index in [0.717, 1.165) is 31.0 Å². The molecule has 4 aromatic rings. The number of hydrogen-bond acceptors (Lipinski definition) is 4. The lowest BCUT2D eigenvalue weighted by Gasteiger charge is -2.06. The summed E-state index contributed by atoms with van der Waals surface area (Å²) in [5.74, 6) is 2.59. The maximum Gasteiger partial charge on any atom is 0.136 e. The Bertz CT molecular complexity index is 1110. The van der Waals surface area contributed by atoms with Gasteiger partial charge in [-0.05, 0) is 55.1 Å². The standard InChI is InChI=1S/C21H21N3OS/c1-13-9-15-11-18(26-20(15)17(10-13)25-2)19-16-5-3-4-8-24(16)21(23-19)14-6-7-22-12-14/h3-5,8-11,14,22H,6-7,12H2,1-2H3/t14-/m0/s1. The van der Waals surface area contributed by atoms with Crippen LogP contribution in [0, 0.1) is 6.92 Å². The van der Waals surface area contributed by atoms with E-state index in [4.69, 9.17) is 9.72 Å². The Morgan fingerprint density at radius 1 is 1.27 bits per heavy atom. The fourth-order valence-electron chi connectivity index (χ4n) is 3.94. The van der Waals surface area contributed by atoms with E-state index in [1.54, 1.807) is 18.4 Å². The average molecular weight is 363 g/mol. The molecule has 1 aromatic carbocycles. The highest BCUT2D eigenvalue weighted by Gasteiger charge is 2.24. The third-order valence-corrected chi connectivity index (χ3v) is 6.35. The molecule has 1 fully saturated rings. The number of imidazole rings is 1. The zero-order valence-electron chi connectivity index (χ0n) is 15.0. The first-order valence-electron chi connectivity index (χ1n) is 9.01. The molecule has 0 radical (unpaired) electrons. The van der Waals surface area contributed by atoms with Crippen LogP contribution in [0.1, 0.15) is 23.7 Å². The summed E-state index contributed by atoms with van der Waals surface area (Å²) in [4.78, 5) is 6.31. The maximum atomic E-state index is 5.61. The monoisotopic (exact) mass is 363 g/mol. The molecule has 1 N–H and O–H groups in total. The SMILES string of the molecule is COc1cc(C)cc2cc(-c3nc([C@H]4CCNC4)n4ccccc34)sc12. The summed E-state index contributed by atoms with van der Waals surface area (Å²) in [5, 5.41) is 4.69. The topological polar surface area (TPSA) is 38.6 Å². The van der Waals surface area contributed by atoms with E-state index in [2.05, 4.69) is 59.2 Å². The highest BCUT2D eigenvalue weighted by atomic mass is 32.1. The van der Waals surface area contributed by atoms with E-state index in [-0.39, 0.29) is 0 Å². The highest BCUT2D eigenvalue weighted by molar-refractivity contribution is 7.22. The van der Waals surface area contributed by atoms with Crippen molar-refractivity contribution in [3.8, 4) is 16.3 Å². The summed E-state index contributed by atoms with van der Waals surface area (Å²) >= 11 is 1.76. The Balaban J connectivity index is 1.73. The molecule has 1 aliphatic rings. The minimum Gasteiger partial charge on any atom is -0.495 e. The van der Waals surface area contributed by atoms with Gasteiger partial charge in [0, 0.05) is 18.7 Å². The quantitative estimate of drug-likeness (QED) is 0.578. The lowest BCUT2D eigenvalue weighted by atomic mass is 10.1. The Morgan fingerprint density at radius 2 is 2.19 bits per heavy atom. The van der Waals surface area contributed by atoms with Crippen molar-refractivity contribution in [2.75, 3.05) is 20.2 Å². The smallest absolute Gasteiger partial charge is 0.136 e. The lowest BCUT2D eigenvalue weighted by Crippen LogP contribution is -2.10. The summed E-state index contributed by atoms with van der Waals surface area (Å²) in [6.07, 6.45) is 3.28. The molecule has 4 heterocycles. The molecule has 0 saturated carbocycles. The number of benzene rings is 1. The summed E-state index contributed by atoms with van der Waals surface area (Å²) in [7, 11) is 1.74. The molecule has 3 aromatic heterocycles. The Kier molecular flexibility index (Phi) is 3.72. The van der Waals surface area contributed by atoms with Gasteiger partial charge in [-0.1, -0.05) is 12.1 Å². The second kappa shape index (κ2) is 6.11. The number of pyridine rings is 1. The van der Waals surface area contributed by atoms with Gasteiger partial charge < -0.3 is 14.5 Å². The number of nitrogens with one attached hydrogen (secondary N) is 1. The summed E-state index contributed by atoms with van der Waals surface area (Å²) in [5.41, 5.74) is 3.47. The van der Waals surface area contributed by atoms with Crippen molar-refractivity contribution in [2.45, 2.75) is 19.3 Å². The number of fused-ring (bicyclic) bond motifs is 2. The van der Waals surface area contributed by atoms with Gasteiger partial charge in [-0.15, -0.1) is 11.3 Å². The number of rotatable bonds is 3. The fraction of sp³-hybridized carbons (Fsp3) is 0.286. The number of methoxy groups -OCH3 is 1. The van der Waals surface area contributed by atoms with E-state index in [9.17, 15) is 0 Å². The molecule has 0 unspecified atom stereocenters. The lowest BCUT2D eigenvalue weighted by molar-refractivity contribution is 0.420. The van der Waals surface area contributed by atoms with Crippen molar-refractivity contribution in [3.63, 3.8) is 0 Å². The van der Waals surface area contributed by atoms with Gasteiger partial charge in [0.25, 0.3) is 0 Å². The Hall–Kier alpha value is -2.37. The molecule has 0 spiro atoms. The van der Waals surface area contributed by atoms with Gasteiger partial charge in [0.2, 0.25) is 0 Å². The van der Waals surface area contributed by atoms with Crippen molar-refractivity contribution >= 4 is 26.9 Å². The van der Waals surface area contributed by atoms with Gasteiger partial charge in [-0.25, -0.2) is 4.98 Å². The molecule has 132 valence electrons. The molecule has 0 bridgehead atoms. The van der Waals surface area contributed by atoms with Crippen molar-refractivity contribution in [2.24, 2.45) is 0 Å². The Labute approximate surface area is 156 Å². The maximum absolute atomic E-state index is 5.61. The second-order valence-corrected chi connectivity index (χ2v) is 8.01. The van der Waals surface area contributed by atoms with Crippen molar-refractivity contribution < 1.29 is 4.74 Å². The van der Waals surface area contributed by atoms with Crippen LogP contribution in [0.5, 0.6) is 5.75 Å². The average Bonchev–Trinajstić information content (AvgIpc) is 3.38. The van der Waals surface area contributed by atoms with Crippen molar-refractivity contribution in [1.29, 1.82) is 0 Å². The van der Waals surface area contributed by atoms with Gasteiger partial charge in [0.15, 0.2) is 0 Å². The third kappa shape index (κ3) is 2.42. The predicted octanol–water partition coefficient (Wildman–Crippen LogP) is 4.61. The first-order chi connectivity index (χ1) is 12.7. The number of thiophene rings is 1. The molecule has 5 heteroatoms. The molecule has 1 saturated heterocycles. The summed E-state index contributed by atoms with van der Waals surface area (Å²) < 4.78 is 9.06. The largest absolute Gasteiger partial charge is 0.495 e. The molecule has 1 aliphatic heterocycles. The van der Waals surface area contributed by atoms with Crippen LogP contribution >= 0.6 is 11.3 Å². The van der Waals surface area contributed by atoms with Crippen LogP contribution < -0.4 is 10.1 Å². The first-order valence-corrected chi connectivity index (χ1v) is 9.82. The zero-order valence-corrected chi connectivity index (χ0v) is 15.8. The van der Waals surface area contributed by atoms with Crippen LogP contribution in [0.2, 0.25) is 0 Å². The van der Waals surface area contributed by atoms with Crippen LogP contribution in [0.3, 0.4) is 0 Å². The Morgan fingerprint density at radius 3 is 3.00 bits per heavy atom. The molecule has 0 aliphatic carbocycles. The molecule has 0 amide bonds. The van der Waals surface area contributed by atoms with E-state index in [0.29, 0.717) is 5.92 Å². The van der Waals surface area contributed by atoms with E-state index >= 15 is 0 Å². The van der Waals surface area contributed by atoms with Gasteiger partial charge in [0.1, 0.15) is 17.3 Å². The number of aromatic nitrogens is 2. The normalized spacial score (nSPS) is 17.4. The van der Waals surface area contributed by atoms with Gasteiger partial charge in [0.05, 0.1) is 22.2 Å². The summed E-state index contributed by atoms with van der Waals surface area (Å²) in [6, 6.07) is 12.9. The molecule has 5 rings (SSSR count). The second-order valence-electron chi connectivity index (χ2n) is 6.96. The number of ether oxygens (including phenoxy) is 1. The highest BCUT2D eigenvalue weighted by Crippen LogP contribution is 2.41. The van der Waals surface area contributed by atoms with Crippen LogP contribution in [0.4, 0.5) is 0 Å². The van der Waals surface area contributed by atoms with E-state index in [1.807, 2.05) is 0 Å². The third-order valence-electron chi connectivity index (χ3n) is 5.18. The van der Waals surface area contributed by atoms with Crippen LogP contribution in [-0.4, -0.2) is 29.6 Å². The number of hydrogen-bond donors (Lipinski definition) is 1. The van der Waals surface area contributed by atoms with Gasteiger partial charge >= 0.3 is 0 Å². The predicted molar refractivity (Wildman–Crippen MR) is 108 cm³/mol. The van der Waals surface area contributed by atoms with Crippen LogP contribution in [0.15, 0.2) is 42.6 Å². The molecular weight excluding hydrogens is 342 g/mol.